The van der Waals surface area contributed by atoms with Crippen LogP contribution in [0.3, 0.4) is 0 Å². The predicted octanol–water partition coefficient (Wildman–Crippen LogP) is 5.31. The number of thiazole rings is 1. The molecule has 1 aromatic carbocycles. The van der Waals surface area contributed by atoms with Crippen LogP contribution in [0.1, 0.15) is 54.3 Å². The van der Waals surface area contributed by atoms with E-state index in [4.69, 9.17) is 9.51 Å². The number of anilines is 1. The molecule has 1 saturated heterocycles. The molecule has 1 aliphatic rings. The smallest absolute Gasteiger partial charge is 0.226 e. The van der Waals surface area contributed by atoms with Gasteiger partial charge in [-0.15, -0.1) is 21.5 Å². The zero-order chi connectivity index (χ0) is 25.8. The number of likely N-dealkylation sites (tertiary alicyclic amines) is 1. The van der Waals surface area contributed by atoms with E-state index in [9.17, 15) is 9.59 Å². The normalized spacial score (nSPS) is 14.2. The molecule has 0 unspecified atom stereocenters. The van der Waals surface area contributed by atoms with Crippen LogP contribution in [0.25, 0.3) is 22.5 Å². The highest BCUT2D eigenvalue weighted by Gasteiger charge is 2.27. The first kappa shape index (κ1) is 25.2. The molecule has 0 bridgehead atoms. The minimum absolute atomic E-state index is 0.00698. The first-order valence-corrected chi connectivity index (χ1v) is 14.1. The molecule has 4 heterocycles. The van der Waals surface area contributed by atoms with Crippen molar-refractivity contribution in [2.24, 2.45) is 0 Å². The van der Waals surface area contributed by atoms with E-state index >= 15 is 0 Å². The molecule has 0 saturated carbocycles. The predicted molar refractivity (Wildman–Crippen MR) is 143 cm³/mol. The average molecular weight is 537 g/mol. The average Bonchev–Trinajstić information content (AvgIpc) is 3.68. The number of hydrogen-bond donors (Lipinski definition) is 1. The van der Waals surface area contributed by atoms with Gasteiger partial charge in [0.15, 0.2) is 0 Å². The molecular weight excluding hydrogens is 508 g/mol. The lowest BCUT2D eigenvalue weighted by atomic mass is 9.97. The molecule has 1 fully saturated rings. The topological polar surface area (TPSA) is 114 Å². The lowest BCUT2D eigenvalue weighted by Crippen LogP contribution is -2.38. The van der Waals surface area contributed by atoms with Crippen LogP contribution in [0, 0.1) is 6.92 Å². The monoisotopic (exact) mass is 536 g/mol. The summed E-state index contributed by atoms with van der Waals surface area (Å²) in [5.74, 6) is 0.845. The van der Waals surface area contributed by atoms with Crippen molar-refractivity contribution in [1.82, 2.24) is 25.2 Å². The van der Waals surface area contributed by atoms with E-state index in [0.29, 0.717) is 24.1 Å². The summed E-state index contributed by atoms with van der Waals surface area (Å²) in [6, 6.07) is 9.98. The summed E-state index contributed by atoms with van der Waals surface area (Å²) in [6.45, 7) is 5.23. The summed E-state index contributed by atoms with van der Waals surface area (Å²) in [5, 5.41) is 19.5. The number of amides is 2. The van der Waals surface area contributed by atoms with Crippen molar-refractivity contribution in [2.45, 2.75) is 51.9 Å². The molecule has 9 nitrogen and oxygen atoms in total. The van der Waals surface area contributed by atoms with Crippen molar-refractivity contribution in [3.63, 3.8) is 0 Å². The minimum Gasteiger partial charge on any atom is -0.360 e. The summed E-state index contributed by atoms with van der Waals surface area (Å²) in [6.07, 6.45) is 2.80. The van der Waals surface area contributed by atoms with Crippen molar-refractivity contribution in [2.75, 3.05) is 18.4 Å². The number of carbonyl (C=O) groups is 2. The maximum atomic E-state index is 12.7. The van der Waals surface area contributed by atoms with Gasteiger partial charge in [0.25, 0.3) is 0 Å². The molecule has 37 heavy (non-hydrogen) atoms. The van der Waals surface area contributed by atoms with E-state index in [0.717, 1.165) is 57.6 Å². The summed E-state index contributed by atoms with van der Waals surface area (Å²) in [4.78, 5) is 31.7. The number of nitrogens with one attached hydrogen (secondary N) is 1. The highest BCUT2D eigenvalue weighted by atomic mass is 32.1. The van der Waals surface area contributed by atoms with Gasteiger partial charge in [0.05, 0.1) is 16.3 Å². The quantitative estimate of drug-likeness (QED) is 0.324. The molecule has 0 aliphatic carbocycles. The standard InChI is InChI=1S/C26H28N6O3S2/c1-3-21-29-30-26(37-21)28-20(33)9-10-22(34)32-13-11-18(12-14-32)25-27-19(15-36-25)23-16(2)35-31-24(23)17-7-5-4-6-8-17/h4-8,15,18H,3,9-14H2,1-2H3,(H,28,30,33). The van der Waals surface area contributed by atoms with Gasteiger partial charge in [-0.2, -0.15) is 0 Å². The zero-order valence-corrected chi connectivity index (χ0v) is 22.4. The number of benzene rings is 1. The molecule has 11 heteroatoms. The lowest BCUT2D eigenvalue weighted by molar-refractivity contribution is -0.133. The van der Waals surface area contributed by atoms with Crippen LogP contribution in [-0.2, 0) is 16.0 Å². The molecule has 0 radical (unpaired) electrons. The zero-order valence-electron chi connectivity index (χ0n) is 20.8. The molecule has 0 atom stereocenters. The molecule has 5 rings (SSSR count). The summed E-state index contributed by atoms with van der Waals surface area (Å²) in [5.41, 5.74) is 3.61. The van der Waals surface area contributed by atoms with E-state index in [1.54, 1.807) is 11.3 Å². The van der Waals surface area contributed by atoms with Gasteiger partial charge in [0, 0.05) is 42.8 Å². The fourth-order valence-electron chi connectivity index (χ4n) is 4.44. The van der Waals surface area contributed by atoms with Crippen LogP contribution in [0.2, 0.25) is 0 Å². The van der Waals surface area contributed by atoms with Gasteiger partial charge in [-0.3, -0.25) is 9.59 Å². The molecule has 1 N–H and O–H groups in total. The fraction of sp³-hybridized carbons (Fsp3) is 0.385. The molecule has 2 amide bonds. The van der Waals surface area contributed by atoms with E-state index in [-0.39, 0.29) is 24.7 Å². The van der Waals surface area contributed by atoms with Gasteiger partial charge in [-0.25, -0.2) is 4.98 Å². The molecule has 3 aromatic heterocycles. The van der Waals surface area contributed by atoms with Crippen LogP contribution in [-0.4, -0.2) is 50.1 Å². The van der Waals surface area contributed by atoms with E-state index in [1.165, 1.54) is 11.3 Å². The number of carbonyl (C=O) groups excluding carboxylic acids is 2. The largest absolute Gasteiger partial charge is 0.360 e. The van der Waals surface area contributed by atoms with E-state index in [2.05, 4.69) is 26.1 Å². The van der Waals surface area contributed by atoms with Crippen LogP contribution in [0.15, 0.2) is 40.2 Å². The fourth-order valence-corrected chi connectivity index (χ4v) is 6.12. The lowest BCUT2D eigenvalue weighted by Gasteiger charge is -2.31. The maximum absolute atomic E-state index is 12.7. The number of hydrogen-bond acceptors (Lipinski definition) is 9. The van der Waals surface area contributed by atoms with Crippen molar-refractivity contribution >= 4 is 39.6 Å². The second-order valence-corrected chi connectivity index (χ2v) is 10.9. The number of rotatable bonds is 8. The summed E-state index contributed by atoms with van der Waals surface area (Å²) < 4.78 is 5.51. The first-order chi connectivity index (χ1) is 18.0. The first-order valence-electron chi connectivity index (χ1n) is 12.4. The van der Waals surface area contributed by atoms with Crippen molar-refractivity contribution in [1.29, 1.82) is 0 Å². The summed E-state index contributed by atoms with van der Waals surface area (Å²) in [7, 11) is 0. The Hall–Kier alpha value is -3.44. The Kier molecular flexibility index (Phi) is 7.71. The molecule has 0 spiro atoms. The van der Waals surface area contributed by atoms with Gasteiger partial charge >= 0.3 is 0 Å². The van der Waals surface area contributed by atoms with Crippen molar-refractivity contribution in [3.05, 3.63) is 51.5 Å². The number of piperidine rings is 1. The van der Waals surface area contributed by atoms with Gasteiger partial charge < -0.3 is 14.7 Å². The van der Waals surface area contributed by atoms with Crippen molar-refractivity contribution < 1.29 is 14.1 Å². The second-order valence-electron chi connectivity index (χ2n) is 8.96. The van der Waals surface area contributed by atoms with Gasteiger partial charge in [-0.05, 0) is 26.2 Å². The Morgan fingerprint density at radius 3 is 2.65 bits per heavy atom. The third-order valence-corrected chi connectivity index (χ3v) is 8.46. The molecule has 192 valence electrons. The Morgan fingerprint density at radius 2 is 1.92 bits per heavy atom. The summed E-state index contributed by atoms with van der Waals surface area (Å²) >= 11 is 3.01. The van der Waals surface area contributed by atoms with Crippen LogP contribution in [0.5, 0.6) is 0 Å². The van der Waals surface area contributed by atoms with E-state index in [1.807, 2.05) is 49.1 Å². The number of nitrogens with zero attached hydrogens (tertiary/aromatic N) is 5. The number of aryl methyl sites for hydroxylation is 2. The third-order valence-electron chi connectivity index (χ3n) is 6.47. The van der Waals surface area contributed by atoms with Crippen LogP contribution < -0.4 is 5.32 Å². The van der Waals surface area contributed by atoms with Crippen LogP contribution >= 0.6 is 22.7 Å². The van der Waals surface area contributed by atoms with Crippen molar-refractivity contribution in [3.8, 4) is 22.5 Å². The Morgan fingerprint density at radius 1 is 1.14 bits per heavy atom. The highest BCUT2D eigenvalue weighted by Crippen LogP contribution is 2.38. The Bertz CT molecular complexity index is 1370. The van der Waals surface area contributed by atoms with Gasteiger partial charge in [-0.1, -0.05) is 53.7 Å². The second kappa shape index (κ2) is 11.3. The Balaban J connectivity index is 1.14. The Labute approximate surface area is 222 Å². The molecule has 4 aromatic rings. The molecular formula is C26H28N6O3S2. The third kappa shape index (κ3) is 5.78. The van der Waals surface area contributed by atoms with E-state index < -0.39 is 0 Å². The maximum Gasteiger partial charge on any atom is 0.226 e. The minimum atomic E-state index is -0.212. The van der Waals surface area contributed by atoms with Gasteiger partial charge in [0.2, 0.25) is 16.9 Å². The van der Waals surface area contributed by atoms with Crippen LogP contribution in [0.4, 0.5) is 5.13 Å². The highest BCUT2D eigenvalue weighted by molar-refractivity contribution is 7.15. The molecule has 1 aliphatic heterocycles. The SMILES string of the molecule is CCc1nnc(NC(=O)CCC(=O)N2CCC(c3nc(-c4c(-c5ccccc5)noc4C)cs3)CC2)s1. The van der Waals surface area contributed by atoms with Gasteiger partial charge in [0.1, 0.15) is 16.5 Å². The number of aromatic nitrogens is 4.